The van der Waals surface area contributed by atoms with Gasteiger partial charge < -0.3 is 19.4 Å². The van der Waals surface area contributed by atoms with Gasteiger partial charge in [0.1, 0.15) is 29.6 Å². The molecule has 1 aliphatic rings. The van der Waals surface area contributed by atoms with Crippen LogP contribution in [0.2, 0.25) is 0 Å². The van der Waals surface area contributed by atoms with Gasteiger partial charge in [-0.1, -0.05) is 12.1 Å². The Kier molecular flexibility index (Phi) is 9.55. The van der Waals surface area contributed by atoms with E-state index in [0.29, 0.717) is 40.8 Å². The van der Waals surface area contributed by atoms with Crippen LogP contribution in [0.5, 0.6) is 5.75 Å². The monoisotopic (exact) mass is 470 g/mol. The number of aliphatic hydroxyl groups excluding tert-OH is 2. The maximum Gasteiger partial charge on any atom is 0.200 e. The fourth-order valence-electron chi connectivity index (χ4n) is 3.75. The lowest BCUT2D eigenvalue weighted by Gasteiger charge is -2.35. The number of aliphatic hydroxyl groups is 2. The molecular formula is C22H28Cl2N2O5. The Hall–Kier alpha value is -1.87. The largest absolute Gasteiger partial charge is 0.491 e. The zero-order chi connectivity index (χ0) is 20.2. The predicted octanol–water partition coefficient (Wildman–Crippen LogP) is 2.14. The second-order valence-corrected chi connectivity index (χ2v) is 7.42. The van der Waals surface area contributed by atoms with Gasteiger partial charge in [-0.15, -0.1) is 24.8 Å². The number of benzene rings is 2. The van der Waals surface area contributed by atoms with Crippen molar-refractivity contribution in [1.82, 2.24) is 9.80 Å². The summed E-state index contributed by atoms with van der Waals surface area (Å²) in [5, 5.41) is 20.4. The van der Waals surface area contributed by atoms with Gasteiger partial charge in [0.15, 0.2) is 0 Å². The average Bonchev–Trinajstić information content (AvgIpc) is 2.74. The van der Waals surface area contributed by atoms with Gasteiger partial charge >= 0.3 is 0 Å². The summed E-state index contributed by atoms with van der Waals surface area (Å²) in [6.07, 6.45) is -0.622. The number of halogens is 2. The van der Waals surface area contributed by atoms with Crippen LogP contribution in [0.4, 0.5) is 0 Å². The van der Waals surface area contributed by atoms with E-state index in [1.807, 2.05) is 12.1 Å². The average molecular weight is 471 g/mol. The van der Waals surface area contributed by atoms with E-state index in [-0.39, 0.29) is 43.5 Å². The smallest absolute Gasteiger partial charge is 0.200 e. The summed E-state index contributed by atoms with van der Waals surface area (Å²) in [6, 6.07) is 12.3. The van der Waals surface area contributed by atoms with Gasteiger partial charge in [0.2, 0.25) is 5.43 Å². The molecule has 2 heterocycles. The topological polar surface area (TPSA) is 86.4 Å². The molecule has 31 heavy (non-hydrogen) atoms. The van der Waals surface area contributed by atoms with Gasteiger partial charge in [-0.25, -0.2) is 0 Å². The molecule has 3 aromatic rings. The first kappa shape index (κ1) is 25.4. The minimum atomic E-state index is -0.622. The molecule has 0 spiro atoms. The molecule has 0 bridgehead atoms. The molecule has 0 aliphatic carbocycles. The Bertz CT molecular complexity index is 1040. The standard InChI is InChI=1S/C22H26N2O5.2ClH/c25-12-11-23-7-9-24(10-8-23)14-16(26)15-28-17-5-6-21-19(13-17)22(27)18-3-1-2-4-20(18)29-21;;/h1-6,13,16,25-26H,7-12,14-15H2;2*1H. The van der Waals surface area contributed by atoms with E-state index in [1.165, 1.54) is 0 Å². The Balaban J connectivity index is 0.00000171. The first-order valence-electron chi connectivity index (χ1n) is 9.96. The first-order valence-corrected chi connectivity index (χ1v) is 9.96. The maximum atomic E-state index is 12.7. The third-order valence-electron chi connectivity index (χ3n) is 5.34. The van der Waals surface area contributed by atoms with Crippen molar-refractivity contribution in [2.45, 2.75) is 6.10 Å². The number of piperazine rings is 1. The summed E-state index contributed by atoms with van der Waals surface area (Å²) >= 11 is 0. The molecular weight excluding hydrogens is 443 g/mol. The van der Waals surface area contributed by atoms with Crippen molar-refractivity contribution in [1.29, 1.82) is 0 Å². The number of β-amino-alcohol motifs (C(OH)–C–C–N with tert-alkyl or cyclic N) is 2. The van der Waals surface area contributed by atoms with E-state index in [4.69, 9.17) is 14.3 Å². The van der Waals surface area contributed by atoms with Gasteiger partial charge in [-0.3, -0.25) is 14.6 Å². The molecule has 170 valence electrons. The van der Waals surface area contributed by atoms with Crippen molar-refractivity contribution < 1.29 is 19.4 Å². The second kappa shape index (κ2) is 11.7. The van der Waals surface area contributed by atoms with Crippen LogP contribution in [0.3, 0.4) is 0 Å². The number of rotatable bonds is 7. The highest BCUT2D eigenvalue weighted by molar-refractivity contribution is 5.90. The molecule has 4 rings (SSSR count). The van der Waals surface area contributed by atoms with Crippen molar-refractivity contribution in [2.75, 3.05) is 52.5 Å². The van der Waals surface area contributed by atoms with E-state index < -0.39 is 6.10 Å². The number of nitrogens with zero attached hydrogens (tertiary/aromatic N) is 2. The van der Waals surface area contributed by atoms with Crippen molar-refractivity contribution in [3.63, 3.8) is 0 Å². The van der Waals surface area contributed by atoms with Crippen LogP contribution in [0.15, 0.2) is 51.7 Å². The lowest BCUT2D eigenvalue weighted by Crippen LogP contribution is -2.49. The molecule has 1 atom stereocenters. The maximum absolute atomic E-state index is 12.7. The van der Waals surface area contributed by atoms with Crippen molar-refractivity contribution in [3.05, 3.63) is 52.7 Å². The van der Waals surface area contributed by atoms with Gasteiger partial charge in [-0.05, 0) is 30.3 Å². The van der Waals surface area contributed by atoms with Gasteiger partial charge in [-0.2, -0.15) is 0 Å². The van der Waals surface area contributed by atoms with E-state index in [0.717, 1.165) is 26.2 Å². The predicted molar refractivity (Wildman–Crippen MR) is 126 cm³/mol. The van der Waals surface area contributed by atoms with Gasteiger partial charge in [0.25, 0.3) is 0 Å². The zero-order valence-electron chi connectivity index (χ0n) is 17.1. The number of para-hydroxylation sites is 1. The van der Waals surface area contributed by atoms with Crippen LogP contribution in [-0.4, -0.2) is 78.6 Å². The van der Waals surface area contributed by atoms with Crippen molar-refractivity contribution in [2.24, 2.45) is 0 Å². The van der Waals surface area contributed by atoms with E-state index >= 15 is 0 Å². The van der Waals surface area contributed by atoms with Gasteiger partial charge in [0.05, 0.1) is 17.4 Å². The molecule has 9 heteroatoms. The fourth-order valence-corrected chi connectivity index (χ4v) is 3.75. The van der Waals surface area contributed by atoms with Crippen LogP contribution in [0.25, 0.3) is 21.9 Å². The summed E-state index contributed by atoms with van der Waals surface area (Å²) in [4.78, 5) is 17.1. The second-order valence-electron chi connectivity index (χ2n) is 7.42. The Labute approximate surface area is 193 Å². The molecule has 1 unspecified atom stereocenters. The molecule has 1 fully saturated rings. The van der Waals surface area contributed by atoms with Crippen LogP contribution in [0.1, 0.15) is 0 Å². The Morgan fingerprint density at radius 1 is 0.968 bits per heavy atom. The Morgan fingerprint density at radius 3 is 2.39 bits per heavy atom. The zero-order valence-corrected chi connectivity index (χ0v) is 18.7. The van der Waals surface area contributed by atoms with Gasteiger partial charge in [0, 0.05) is 39.3 Å². The molecule has 0 amide bonds. The molecule has 0 radical (unpaired) electrons. The normalized spacial score (nSPS) is 15.9. The number of ether oxygens (including phenoxy) is 1. The highest BCUT2D eigenvalue weighted by atomic mass is 35.5. The lowest BCUT2D eigenvalue weighted by atomic mass is 10.1. The summed E-state index contributed by atoms with van der Waals surface area (Å²) in [5.41, 5.74) is 0.990. The molecule has 2 aromatic carbocycles. The minimum absolute atomic E-state index is 0. The molecule has 1 saturated heterocycles. The Morgan fingerprint density at radius 2 is 1.65 bits per heavy atom. The van der Waals surface area contributed by atoms with E-state index in [1.54, 1.807) is 30.3 Å². The number of fused-ring (bicyclic) bond motifs is 2. The molecule has 1 aromatic heterocycles. The van der Waals surface area contributed by atoms with Crippen LogP contribution >= 0.6 is 24.8 Å². The minimum Gasteiger partial charge on any atom is -0.491 e. The molecule has 7 nitrogen and oxygen atoms in total. The summed E-state index contributed by atoms with van der Waals surface area (Å²) in [7, 11) is 0. The first-order chi connectivity index (χ1) is 14.1. The van der Waals surface area contributed by atoms with Crippen LogP contribution in [-0.2, 0) is 0 Å². The SMILES string of the molecule is Cl.Cl.O=c1c2ccccc2oc2ccc(OCC(O)CN3CCN(CCO)CC3)cc12. The van der Waals surface area contributed by atoms with Crippen LogP contribution in [0, 0.1) is 0 Å². The van der Waals surface area contributed by atoms with Crippen molar-refractivity contribution >= 4 is 46.8 Å². The quantitative estimate of drug-likeness (QED) is 0.511. The summed E-state index contributed by atoms with van der Waals surface area (Å²) in [5.74, 6) is 0.534. The highest BCUT2D eigenvalue weighted by Gasteiger charge is 2.19. The summed E-state index contributed by atoms with van der Waals surface area (Å²) in [6.45, 7) is 5.07. The lowest BCUT2D eigenvalue weighted by molar-refractivity contribution is 0.0429. The fraction of sp³-hybridized carbons (Fsp3) is 0.409. The highest BCUT2D eigenvalue weighted by Crippen LogP contribution is 2.22. The molecule has 2 N–H and O–H groups in total. The number of hydrogen-bond donors (Lipinski definition) is 2. The summed E-state index contributed by atoms with van der Waals surface area (Å²) < 4.78 is 11.5. The van der Waals surface area contributed by atoms with Crippen LogP contribution < -0.4 is 10.2 Å². The molecule has 1 aliphatic heterocycles. The van der Waals surface area contributed by atoms with E-state index in [9.17, 15) is 9.90 Å². The third kappa shape index (κ3) is 6.10. The molecule has 0 saturated carbocycles. The number of hydrogen-bond acceptors (Lipinski definition) is 7. The van der Waals surface area contributed by atoms with E-state index in [2.05, 4.69) is 9.80 Å². The van der Waals surface area contributed by atoms with Crippen molar-refractivity contribution in [3.8, 4) is 5.75 Å². The third-order valence-corrected chi connectivity index (χ3v) is 5.34.